The maximum Gasteiger partial charge on any atom is 0.280 e. The Morgan fingerprint density at radius 3 is 2.49 bits per heavy atom. The number of ether oxygens (including phenoxy) is 1. The number of hydrogen-bond acceptors (Lipinski definition) is 12. The van der Waals surface area contributed by atoms with E-state index in [4.69, 9.17) is 21.3 Å². The number of aryl methyl sites for hydroxylation is 1. The minimum absolute atomic E-state index is 0.0277. The molecule has 1 aliphatic carbocycles. The predicted molar refractivity (Wildman–Crippen MR) is 250 cm³/mol. The molecule has 0 saturated carbocycles. The Balaban J connectivity index is 0.712. The number of piperidine rings is 1. The van der Waals surface area contributed by atoms with Crippen LogP contribution in [0.3, 0.4) is 0 Å². The van der Waals surface area contributed by atoms with Gasteiger partial charge in [-0.1, -0.05) is 61.8 Å². The highest BCUT2D eigenvalue weighted by Gasteiger charge is 2.35. The Labute approximate surface area is 384 Å². The number of anilines is 1. The number of carbonyl (C=O) groups is 2. The summed E-state index contributed by atoms with van der Waals surface area (Å²) in [6.45, 7) is 10.4. The van der Waals surface area contributed by atoms with Crippen LogP contribution in [0.25, 0.3) is 22.2 Å². The highest BCUT2D eigenvalue weighted by atomic mass is 35.5. The van der Waals surface area contributed by atoms with Crippen LogP contribution in [0.2, 0.25) is 5.02 Å². The van der Waals surface area contributed by atoms with Gasteiger partial charge in [0.05, 0.1) is 42.0 Å². The number of fused-ring (bicyclic) bond motifs is 3. The van der Waals surface area contributed by atoms with Crippen molar-refractivity contribution in [2.24, 2.45) is 0 Å². The lowest BCUT2D eigenvalue weighted by atomic mass is 9.97. The molecule has 2 amide bonds. The number of pyridine rings is 1. The summed E-state index contributed by atoms with van der Waals surface area (Å²) in [6, 6.07) is 17.8. The average Bonchev–Trinajstić information content (AvgIpc) is 3.63. The monoisotopic (exact) mass is 902 g/mol. The van der Waals surface area contributed by atoms with Crippen molar-refractivity contribution in [1.29, 1.82) is 0 Å². The number of aromatic nitrogens is 5. The minimum Gasteiger partial charge on any atom is -0.387 e. The molecule has 0 spiro atoms. The number of benzene rings is 2. The summed E-state index contributed by atoms with van der Waals surface area (Å²) in [6.07, 6.45) is 7.34. The van der Waals surface area contributed by atoms with Crippen molar-refractivity contribution in [3.05, 3.63) is 111 Å². The van der Waals surface area contributed by atoms with Crippen LogP contribution >= 0.6 is 11.6 Å². The third-order valence-electron chi connectivity index (χ3n) is 13.6. The van der Waals surface area contributed by atoms with Crippen molar-refractivity contribution < 1.29 is 19.4 Å². The Morgan fingerprint density at radius 2 is 1.71 bits per heavy atom. The van der Waals surface area contributed by atoms with E-state index in [0.717, 1.165) is 78.4 Å². The van der Waals surface area contributed by atoms with Crippen LogP contribution in [0, 0.1) is 0 Å². The molecule has 0 bridgehead atoms. The fourth-order valence-corrected chi connectivity index (χ4v) is 10.1. The van der Waals surface area contributed by atoms with E-state index in [2.05, 4.69) is 67.4 Å². The van der Waals surface area contributed by atoms with Crippen molar-refractivity contribution in [3.8, 4) is 11.1 Å². The van der Waals surface area contributed by atoms with Crippen molar-refractivity contribution in [3.63, 3.8) is 0 Å². The molecule has 1 unspecified atom stereocenters. The van der Waals surface area contributed by atoms with Gasteiger partial charge in [-0.05, 0) is 72.9 Å². The summed E-state index contributed by atoms with van der Waals surface area (Å²) in [5.74, 6) is 1.37. The second kappa shape index (κ2) is 20.0. The molecule has 9 rings (SSSR count). The first-order valence-corrected chi connectivity index (χ1v) is 23.7. The van der Waals surface area contributed by atoms with Gasteiger partial charge in [-0.2, -0.15) is 0 Å². The fraction of sp³-hybridized carbons (Fsp3) is 0.490. The molecule has 6 heterocycles. The highest BCUT2D eigenvalue weighted by Crippen LogP contribution is 2.43. The number of halogens is 1. The molecule has 15 nitrogen and oxygen atoms in total. The number of carbonyl (C=O) groups excluding carboxylic acids is 2. The lowest BCUT2D eigenvalue weighted by Gasteiger charge is -2.38. The highest BCUT2D eigenvalue weighted by molar-refractivity contribution is 6.30. The second-order valence-corrected chi connectivity index (χ2v) is 18.4. The van der Waals surface area contributed by atoms with Crippen LogP contribution in [-0.4, -0.2) is 129 Å². The normalized spacial score (nSPS) is 20.7. The summed E-state index contributed by atoms with van der Waals surface area (Å²) in [7, 11) is 0. The maximum absolute atomic E-state index is 14.1. The molecule has 2 aromatic carbocycles. The number of amides is 2. The molecule has 342 valence electrons. The summed E-state index contributed by atoms with van der Waals surface area (Å²) >= 11 is 6.22. The first-order valence-electron chi connectivity index (χ1n) is 23.3. The van der Waals surface area contributed by atoms with Gasteiger partial charge in [-0.15, -0.1) is 0 Å². The van der Waals surface area contributed by atoms with Gasteiger partial charge < -0.3 is 30.3 Å². The number of nitrogens with one attached hydrogen (secondary N) is 2. The quantitative estimate of drug-likeness (QED) is 0.132. The lowest BCUT2D eigenvalue weighted by Crippen LogP contribution is -2.51. The van der Waals surface area contributed by atoms with Gasteiger partial charge >= 0.3 is 0 Å². The van der Waals surface area contributed by atoms with Crippen LogP contribution in [0.1, 0.15) is 85.7 Å². The Bertz CT molecular complexity index is 2560. The molecule has 4 aliphatic rings. The zero-order valence-corrected chi connectivity index (χ0v) is 38.1. The smallest absolute Gasteiger partial charge is 0.280 e. The van der Waals surface area contributed by atoms with Gasteiger partial charge in [0.25, 0.3) is 5.56 Å². The molecule has 2 fully saturated rings. The zero-order valence-electron chi connectivity index (χ0n) is 37.3. The summed E-state index contributed by atoms with van der Waals surface area (Å²) < 4.78 is 8.36. The number of rotatable bonds is 14. The number of likely N-dealkylation sites (tertiary alicyclic amines) is 1. The van der Waals surface area contributed by atoms with E-state index < -0.39 is 12.0 Å². The van der Waals surface area contributed by atoms with E-state index in [-0.39, 0.29) is 35.5 Å². The molecular weight excluding hydrogens is 844 g/mol. The minimum atomic E-state index is -0.567. The molecule has 65 heavy (non-hydrogen) atoms. The van der Waals surface area contributed by atoms with E-state index >= 15 is 0 Å². The van der Waals surface area contributed by atoms with E-state index in [1.54, 1.807) is 10.8 Å². The van der Waals surface area contributed by atoms with Gasteiger partial charge in [0, 0.05) is 94.2 Å². The van der Waals surface area contributed by atoms with Crippen LogP contribution < -0.4 is 21.1 Å². The van der Waals surface area contributed by atoms with Crippen molar-refractivity contribution in [1.82, 2.24) is 44.9 Å². The van der Waals surface area contributed by atoms with Crippen LogP contribution in [0.5, 0.6) is 0 Å². The Morgan fingerprint density at radius 1 is 0.923 bits per heavy atom. The number of nitrogens with zero attached hydrogens (tertiary/aromatic N) is 8. The molecule has 3 aliphatic heterocycles. The van der Waals surface area contributed by atoms with Crippen LogP contribution in [0.4, 0.5) is 5.82 Å². The van der Waals surface area contributed by atoms with Crippen molar-refractivity contribution in [2.45, 2.75) is 89.1 Å². The first kappa shape index (κ1) is 44.9. The number of aliphatic hydroxyl groups is 1. The number of piperazine rings is 1. The topological polar surface area (TPSA) is 171 Å². The van der Waals surface area contributed by atoms with E-state index in [9.17, 15) is 19.5 Å². The Hall–Kier alpha value is -5.32. The van der Waals surface area contributed by atoms with Gasteiger partial charge in [-0.25, -0.2) is 19.9 Å². The van der Waals surface area contributed by atoms with Crippen LogP contribution in [-0.2, 0) is 33.7 Å². The summed E-state index contributed by atoms with van der Waals surface area (Å²) in [5.41, 5.74) is 6.78. The van der Waals surface area contributed by atoms with Gasteiger partial charge in [0.1, 0.15) is 18.0 Å². The first-order chi connectivity index (χ1) is 31.6. The fourth-order valence-electron chi connectivity index (χ4n) is 9.98. The molecule has 0 radical (unpaired) electrons. The SMILES string of the molecule is CCc1cccc(-c2cnc3c(=O)n4c(nc3c2)CC(OC2CCN(CC(=O)NCCNC[C@@H](C(=O)N3CCN(c5ncnc6c5[C@H](C)C[C@H]6O)CC3)c3ccc(Cl)cc3)CC2)CC4)c1. The third-order valence-corrected chi connectivity index (χ3v) is 13.9. The summed E-state index contributed by atoms with van der Waals surface area (Å²) in [4.78, 5) is 65.3. The molecule has 3 aromatic heterocycles. The van der Waals surface area contributed by atoms with Crippen molar-refractivity contribution >= 4 is 40.3 Å². The van der Waals surface area contributed by atoms with Gasteiger partial charge in [0.15, 0.2) is 5.52 Å². The molecule has 5 aromatic rings. The predicted octanol–water partition coefficient (Wildman–Crippen LogP) is 4.64. The number of hydrogen-bond donors (Lipinski definition) is 3. The van der Waals surface area contributed by atoms with Gasteiger partial charge in [-0.3, -0.25) is 23.9 Å². The van der Waals surface area contributed by atoms with Crippen LogP contribution in [0.15, 0.2) is 71.9 Å². The molecule has 16 heteroatoms. The second-order valence-electron chi connectivity index (χ2n) is 18.0. The van der Waals surface area contributed by atoms with Crippen molar-refractivity contribution in [2.75, 3.05) is 70.3 Å². The van der Waals surface area contributed by atoms with E-state index in [0.29, 0.717) is 87.8 Å². The standard InChI is InChI=1S/C49H59ClN10O5/c1-3-32-5-4-6-34(24-32)35-25-40-45(53-27-35)49(64)60-18-13-38(26-42(60)56-40)65-37-11-16-57(17-12-37)29-43(62)52-15-14-51-28-39(33-7-9-36(50)10-8-33)48(63)59-21-19-58(20-22-59)47-44-31(2)23-41(61)46(44)54-30-55-47/h4-10,24-25,27,30-31,37-39,41,51,61H,3,11-23,26,28-29H2,1-2H3,(H,52,62)/t31-,38?,39-,41-/m1/s1. The maximum atomic E-state index is 14.1. The molecule has 4 atom stereocenters. The Kier molecular flexibility index (Phi) is 13.8. The largest absolute Gasteiger partial charge is 0.387 e. The molecular formula is C49H59ClN10O5. The molecule has 2 saturated heterocycles. The average molecular weight is 904 g/mol. The molecule has 3 N–H and O–H groups in total. The summed E-state index contributed by atoms with van der Waals surface area (Å²) in [5, 5.41) is 17.6. The lowest BCUT2D eigenvalue weighted by molar-refractivity contribution is -0.133. The van der Waals surface area contributed by atoms with E-state index in [1.165, 1.54) is 11.9 Å². The zero-order chi connectivity index (χ0) is 45.0. The van der Waals surface area contributed by atoms with E-state index in [1.807, 2.05) is 41.3 Å². The number of aliphatic hydroxyl groups excluding tert-OH is 1. The van der Waals surface area contributed by atoms with Gasteiger partial charge in [0.2, 0.25) is 11.8 Å². The third kappa shape index (κ3) is 10.1.